The van der Waals surface area contributed by atoms with Crippen LogP contribution in [0, 0.1) is 17.8 Å². The topological polar surface area (TPSA) is 26.0 Å². The first-order chi connectivity index (χ1) is 7.24. The van der Waals surface area contributed by atoms with Gasteiger partial charge in [-0.3, -0.25) is 0 Å². The summed E-state index contributed by atoms with van der Waals surface area (Å²) in [5, 5.41) is 0. The van der Waals surface area contributed by atoms with E-state index < -0.39 is 0 Å². The highest BCUT2D eigenvalue weighted by Gasteiger charge is 2.25. The zero-order valence-corrected chi connectivity index (χ0v) is 10.3. The van der Waals surface area contributed by atoms with Gasteiger partial charge in [-0.25, -0.2) is 0 Å². The second-order valence-corrected chi connectivity index (χ2v) is 6.15. The molecule has 4 unspecified atom stereocenters. The largest absolute Gasteiger partial charge is 0.328 e. The van der Waals surface area contributed by atoms with E-state index in [1.165, 1.54) is 57.8 Å². The van der Waals surface area contributed by atoms with Crippen molar-refractivity contribution in [1.82, 2.24) is 0 Å². The Morgan fingerprint density at radius 1 is 0.933 bits per heavy atom. The Morgan fingerprint density at radius 3 is 2.47 bits per heavy atom. The SMILES string of the molecule is CC1CCCC(CC2CCC(N)C2)CC1. The lowest BCUT2D eigenvalue weighted by atomic mass is 9.88. The highest BCUT2D eigenvalue weighted by atomic mass is 14.6. The molecule has 0 spiro atoms. The van der Waals surface area contributed by atoms with Crippen LogP contribution in [0.5, 0.6) is 0 Å². The van der Waals surface area contributed by atoms with Crippen molar-refractivity contribution in [1.29, 1.82) is 0 Å². The molecule has 88 valence electrons. The first-order valence-electron chi connectivity index (χ1n) is 6.99. The van der Waals surface area contributed by atoms with Crippen LogP contribution in [0.25, 0.3) is 0 Å². The van der Waals surface area contributed by atoms with Gasteiger partial charge in [0.05, 0.1) is 0 Å². The predicted octanol–water partition coefficient (Wildman–Crippen LogP) is 3.72. The maximum atomic E-state index is 5.98. The first kappa shape index (κ1) is 11.4. The predicted molar refractivity (Wildman–Crippen MR) is 65.7 cm³/mol. The molecule has 2 aliphatic rings. The third-order valence-electron chi connectivity index (χ3n) is 4.63. The lowest BCUT2D eigenvalue weighted by molar-refractivity contribution is 0.337. The van der Waals surface area contributed by atoms with Gasteiger partial charge >= 0.3 is 0 Å². The summed E-state index contributed by atoms with van der Waals surface area (Å²) in [6.07, 6.45) is 12.9. The zero-order valence-electron chi connectivity index (χ0n) is 10.3. The quantitative estimate of drug-likeness (QED) is 0.689. The Labute approximate surface area is 94.8 Å². The Hall–Kier alpha value is -0.0400. The molecule has 0 radical (unpaired) electrons. The van der Waals surface area contributed by atoms with Crippen molar-refractivity contribution in [2.45, 2.75) is 70.8 Å². The molecule has 1 nitrogen and oxygen atoms in total. The molecule has 15 heavy (non-hydrogen) atoms. The normalized spacial score (nSPS) is 42.8. The lowest BCUT2D eigenvalue weighted by Gasteiger charge is -2.18. The van der Waals surface area contributed by atoms with Crippen LogP contribution < -0.4 is 5.73 Å². The Morgan fingerprint density at radius 2 is 1.73 bits per heavy atom. The highest BCUT2D eigenvalue weighted by molar-refractivity contribution is 4.80. The average molecular weight is 209 g/mol. The molecular formula is C14H27N. The van der Waals surface area contributed by atoms with E-state index >= 15 is 0 Å². The molecular weight excluding hydrogens is 182 g/mol. The third kappa shape index (κ3) is 3.48. The molecule has 0 amide bonds. The molecule has 0 aliphatic heterocycles. The maximum absolute atomic E-state index is 5.98. The van der Waals surface area contributed by atoms with Crippen molar-refractivity contribution < 1.29 is 0 Å². The maximum Gasteiger partial charge on any atom is 0.00415 e. The highest BCUT2D eigenvalue weighted by Crippen LogP contribution is 2.36. The minimum Gasteiger partial charge on any atom is -0.328 e. The van der Waals surface area contributed by atoms with Crippen molar-refractivity contribution in [3.63, 3.8) is 0 Å². The lowest BCUT2D eigenvalue weighted by Crippen LogP contribution is -2.15. The molecule has 1 heteroatoms. The minimum atomic E-state index is 0.528. The van der Waals surface area contributed by atoms with E-state index in [9.17, 15) is 0 Å². The van der Waals surface area contributed by atoms with Crippen LogP contribution in [0.1, 0.15) is 64.7 Å². The van der Waals surface area contributed by atoms with Crippen LogP contribution in [-0.4, -0.2) is 6.04 Å². The summed E-state index contributed by atoms with van der Waals surface area (Å²) in [5.41, 5.74) is 5.98. The van der Waals surface area contributed by atoms with Crippen molar-refractivity contribution in [3.05, 3.63) is 0 Å². The second-order valence-electron chi connectivity index (χ2n) is 6.15. The molecule has 2 fully saturated rings. The van der Waals surface area contributed by atoms with Crippen molar-refractivity contribution in [3.8, 4) is 0 Å². The fraction of sp³-hybridized carbons (Fsp3) is 1.00. The number of rotatable bonds is 2. The Kier molecular flexibility index (Phi) is 4.07. The zero-order chi connectivity index (χ0) is 10.7. The summed E-state index contributed by atoms with van der Waals surface area (Å²) in [5.74, 6) is 2.99. The molecule has 0 aromatic carbocycles. The fourth-order valence-electron chi connectivity index (χ4n) is 3.60. The summed E-state index contributed by atoms with van der Waals surface area (Å²) < 4.78 is 0. The van der Waals surface area contributed by atoms with E-state index in [4.69, 9.17) is 5.73 Å². The summed E-state index contributed by atoms with van der Waals surface area (Å²) in [6.45, 7) is 2.42. The third-order valence-corrected chi connectivity index (χ3v) is 4.63. The molecule has 0 bridgehead atoms. The van der Waals surface area contributed by atoms with Gasteiger partial charge in [0.1, 0.15) is 0 Å². The van der Waals surface area contributed by atoms with Crippen LogP contribution in [0.15, 0.2) is 0 Å². The number of hydrogen-bond donors (Lipinski definition) is 1. The molecule has 2 saturated carbocycles. The van der Waals surface area contributed by atoms with Gasteiger partial charge in [-0.1, -0.05) is 39.0 Å². The van der Waals surface area contributed by atoms with Crippen LogP contribution >= 0.6 is 0 Å². The van der Waals surface area contributed by atoms with E-state index in [1.807, 2.05) is 0 Å². The molecule has 0 saturated heterocycles. The van der Waals surface area contributed by atoms with Crippen LogP contribution in [-0.2, 0) is 0 Å². The van der Waals surface area contributed by atoms with Gasteiger partial charge in [0, 0.05) is 6.04 Å². The van der Waals surface area contributed by atoms with Gasteiger partial charge in [0.25, 0.3) is 0 Å². The molecule has 0 aromatic heterocycles. The second kappa shape index (κ2) is 5.34. The van der Waals surface area contributed by atoms with Gasteiger partial charge < -0.3 is 5.73 Å². The van der Waals surface area contributed by atoms with Gasteiger partial charge in [0.2, 0.25) is 0 Å². The van der Waals surface area contributed by atoms with E-state index in [-0.39, 0.29) is 0 Å². The Balaban J connectivity index is 1.74. The van der Waals surface area contributed by atoms with E-state index in [2.05, 4.69) is 6.92 Å². The molecule has 2 rings (SSSR count). The minimum absolute atomic E-state index is 0.528. The van der Waals surface area contributed by atoms with Gasteiger partial charge in [-0.2, -0.15) is 0 Å². The van der Waals surface area contributed by atoms with Crippen LogP contribution in [0.3, 0.4) is 0 Å². The Bertz CT molecular complexity index is 190. The summed E-state index contributed by atoms with van der Waals surface area (Å²) in [7, 11) is 0. The smallest absolute Gasteiger partial charge is 0.00415 e. The standard InChI is InChI=1S/C14H27N/c1-11-3-2-4-12(6-5-11)9-13-7-8-14(15)10-13/h11-14H,2-10,15H2,1H3. The summed E-state index contributed by atoms with van der Waals surface area (Å²) in [4.78, 5) is 0. The summed E-state index contributed by atoms with van der Waals surface area (Å²) in [6, 6.07) is 0.528. The average Bonchev–Trinajstić information content (AvgIpc) is 2.48. The van der Waals surface area contributed by atoms with E-state index in [0.717, 1.165) is 17.8 Å². The number of nitrogens with two attached hydrogens (primary N) is 1. The molecule has 2 N–H and O–H groups in total. The van der Waals surface area contributed by atoms with Gasteiger partial charge in [-0.15, -0.1) is 0 Å². The van der Waals surface area contributed by atoms with Crippen LogP contribution in [0.4, 0.5) is 0 Å². The first-order valence-corrected chi connectivity index (χ1v) is 6.99. The van der Waals surface area contributed by atoms with E-state index in [1.54, 1.807) is 0 Å². The monoisotopic (exact) mass is 209 g/mol. The number of hydrogen-bond acceptors (Lipinski definition) is 1. The van der Waals surface area contributed by atoms with Gasteiger partial charge in [0.15, 0.2) is 0 Å². The van der Waals surface area contributed by atoms with Crippen molar-refractivity contribution >= 4 is 0 Å². The van der Waals surface area contributed by atoms with Gasteiger partial charge in [-0.05, 0) is 43.4 Å². The molecule has 4 atom stereocenters. The molecule has 0 aromatic rings. The van der Waals surface area contributed by atoms with Crippen molar-refractivity contribution in [2.24, 2.45) is 23.5 Å². The van der Waals surface area contributed by atoms with Crippen LogP contribution in [0.2, 0.25) is 0 Å². The summed E-state index contributed by atoms with van der Waals surface area (Å²) >= 11 is 0. The molecule has 2 aliphatic carbocycles. The van der Waals surface area contributed by atoms with Crippen molar-refractivity contribution in [2.75, 3.05) is 0 Å². The van der Waals surface area contributed by atoms with E-state index in [0.29, 0.717) is 6.04 Å². The molecule has 0 heterocycles. The fourth-order valence-corrected chi connectivity index (χ4v) is 3.60.